The van der Waals surface area contributed by atoms with Gasteiger partial charge in [0, 0.05) is 38.9 Å². The average Bonchev–Trinajstić information content (AvgIpc) is 3.32. The van der Waals surface area contributed by atoms with E-state index in [0.717, 1.165) is 11.3 Å². The molecule has 0 spiro atoms. The van der Waals surface area contributed by atoms with Crippen molar-refractivity contribution in [3.05, 3.63) is 65.2 Å². The first-order valence-corrected chi connectivity index (χ1v) is 16.8. The molecule has 0 aliphatic carbocycles. The fourth-order valence-corrected chi connectivity index (χ4v) is 5.35. The number of anilines is 1. The summed E-state index contributed by atoms with van der Waals surface area (Å²) in [5, 5.41) is 10.1. The number of fused-ring (bicyclic) bond motifs is 1. The maximum absolute atomic E-state index is 13.2. The molecule has 0 saturated carbocycles. The summed E-state index contributed by atoms with van der Waals surface area (Å²) in [6, 6.07) is 10.8. The van der Waals surface area contributed by atoms with Crippen molar-refractivity contribution < 1.29 is 47.9 Å². The highest BCUT2D eigenvalue weighted by Crippen LogP contribution is 2.38. The quantitative estimate of drug-likeness (QED) is 0.162. The molecule has 1 saturated heterocycles. The predicted molar refractivity (Wildman–Crippen MR) is 188 cm³/mol. The third-order valence-electron chi connectivity index (χ3n) is 8.08. The lowest BCUT2D eigenvalue weighted by Crippen LogP contribution is -2.39. The molecule has 1 amide bonds. The third-order valence-corrected chi connectivity index (χ3v) is 8.08. The zero-order valence-electron chi connectivity index (χ0n) is 31.0. The fraction of sp³-hybridized carbons (Fsp3) is 0.538. The number of methoxy groups -OCH3 is 1. The Morgan fingerprint density at radius 1 is 1.04 bits per heavy atom. The highest BCUT2D eigenvalue weighted by atomic mass is 16.8. The van der Waals surface area contributed by atoms with Gasteiger partial charge in [0.2, 0.25) is 5.79 Å². The van der Waals surface area contributed by atoms with E-state index in [1.165, 1.54) is 4.90 Å². The van der Waals surface area contributed by atoms with Crippen LogP contribution in [0, 0.1) is 17.8 Å². The summed E-state index contributed by atoms with van der Waals surface area (Å²) in [4.78, 5) is 27.5. The van der Waals surface area contributed by atoms with Crippen LogP contribution < -0.4 is 14.4 Å². The van der Waals surface area contributed by atoms with E-state index in [1.54, 1.807) is 67.8 Å². The fourth-order valence-electron chi connectivity index (χ4n) is 5.35. The number of cyclic esters (lactones) is 1. The number of carbonyl (C=O) groups excluding carboxylic acids is 2. The summed E-state index contributed by atoms with van der Waals surface area (Å²) in [6.07, 6.45) is 1.29. The highest BCUT2D eigenvalue weighted by Gasteiger charge is 2.45. The van der Waals surface area contributed by atoms with E-state index in [0.29, 0.717) is 17.9 Å². The van der Waals surface area contributed by atoms with Crippen LogP contribution in [-0.2, 0) is 30.3 Å². The van der Waals surface area contributed by atoms with Gasteiger partial charge in [-0.05, 0) is 71.2 Å². The summed E-state index contributed by atoms with van der Waals surface area (Å²) >= 11 is 0. The van der Waals surface area contributed by atoms with E-state index in [9.17, 15) is 14.7 Å². The van der Waals surface area contributed by atoms with E-state index >= 15 is 0 Å². The first-order chi connectivity index (χ1) is 23.3. The summed E-state index contributed by atoms with van der Waals surface area (Å²) in [5.41, 5.74) is 1.14. The van der Waals surface area contributed by atoms with Gasteiger partial charge in [-0.25, -0.2) is 9.59 Å². The first-order valence-electron chi connectivity index (χ1n) is 16.8. The van der Waals surface area contributed by atoms with Gasteiger partial charge in [-0.3, -0.25) is 4.90 Å². The number of aliphatic hydroxyl groups excluding tert-OH is 1. The lowest BCUT2D eigenvalue weighted by molar-refractivity contribution is -0.156. The summed E-state index contributed by atoms with van der Waals surface area (Å²) < 4.78 is 41.5. The predicted octanol–water partition coefficient (Wildman–Crippen LogP) is 6.77. The molecular weight excluding hydrogens is 642 g/mol. The van der Waals surface area contributed by atoms with E-state index < -0.39 is 53.7 Å². The molecule has 2 aliphatic rings. The Hall–Kier alpha value is -4.08. The smallest absolute Gasteiger partial charge is 0.414 e. The standard InChI is InChI=1S/C39H51NO10/c1-24(25(2)41)15-20-30(45-23-26-16-18-29(44-11)19-17-26)34-31(46-38(6,7)48-34)14-12-13-27-21-28(40(10)36(43)50-37(3,4)5)22-32-33(27)35(42)49-39(8,9)47-32/h15-22,24-25,30-31,34,41H,14,23H2,1-11H3/b20-15-/t24-,25+,30-,31+,34-/m1/s1. The van der Waals surface area contributed by atoms with Gasteiger partial charge in [0.1, 0.15) is 41.0 Å². The maximum atomic E-state index is 13.2. The van der Waals surface area contributed by atoms with E-state index in [2.05, 4.69) is 11.8 Å². The van der Waals surface area contributed by atoms with Crippen LogP contribution in [0.15, 0.2) is 48.6 Å². The van der Waals surface area contributed by atoms with Crippen molar-refractivity contribution in [1.29, 1.82) is 0 Å². The number of aliphatic hydroxyl groups is 1. The summed E-state index contributed by atoms with van der Waals surface area (Å²) in [7, 11) is 3.19. The lowest BCUT2D eigenvalue weighted by atomic mass is 10.00. The normalized spacial score (nSPS) is 21.2. The molecule has 2 heterocycles. The number of carbonyl (C=O) groups is 2. The van der Waals surface area contributed by atoms with Crippen LogP contribution in [0.25, 0.3) is 0 Å². The van der Waals surface area contributed by atoms with Crippen molar-refractivity contribution in [1.82, 2.24) is 0 Å². The Morgan fingerprint density at radius 2 is 1.72 bits per heavy atom. The highest BCUT2D eigenvalue weighted by molar-refractivity contribution is 5.98. The monoisotopic (exact) mass is 693 g/mol. The van der Waals surface area contributed by atoms with Crippen LogP contribution in [0.1, 0.15) is 90.2 Å². The first kappa shape index (κ1) is 38.7. The van der Waals surface area contributed by atoms with Gasteiger partial charge in [0.25, 0.3) is 0 Å². The Morgan fingerprint density at radius 3 is 2.34 bits per heavy atom. The third kappa shape index (κ3) is 10.2. The molecule has 4 rings (SSSR count). The molecule has 1 fully saturated rings. The number of hydrogen-bond donors (Lipinski definition) is 1. The van der Waals surface area contributed by atoms with Crippen LogP contribution in [0.3, 0.4) is 0 Å². The van der Waals surface area contributed by atoms with Crippen molar-refractivity contribution in [2.75, 3.05) is 19.1 Å². The zero-order valence-corrected chi connectivity index (χ0v) is 31.0. The van der Waals surface area contributed by atoms with Gasteiger partial charge in [-0.1, -0.05) is 43.0 Å². The number of rotatable bonds is 10. The molecule has 11 nitrogen and oxygen atoms in total. The molecule has 1 N–H and O–H groups in total. The van der Waals surface area contributed by atoms with Crippen molar-refractivity contribution in [2.24, 2.45) is 5.92 Å². The van der Waals surface area contributed by atoms with Crippen molar-refractivity contribution in [3.63, 3.8) is 0 Å². The van der Waals surface area contributed by atoms with Crippen LogP contribution in [-0.4, -0.2) is 72.9 Å². The minimum atomic E-state index is -1.22. The topological polar surface area (TPSA) is 122 Å². The molecule has 2 aliphatic heterocycles. The minimum Gasteiger partial charge on any atom is -0.497 e. The van der Waals surface area contributed by atoms with Gasteiger partial charge in [0.15, 0.2) is 5.79 Å². The van der Waals surface area contributed by atoms with E-state index in [1.807, 2.05) is 57.2 Å². The Bertz CT molecular complexity index is 1610. The number of ether oxygens (including phenoxy) is 7. The summed E-state index contributed by atoms with van der Waals surface area (Å²) in [5.74, 6) is 4.42. The Kier molecular flexibility index (Phi) is 12.0. The molecule has 2 aromatic rings. The summed E-state index contributed by atoms with van der Waals surface area (Å²) in [6.45, 7) is 16.2. The van der Waals surface area contributed by atoms with Crippen molar-refractivity contribution in [2.45, 2.75) is 117 Å². The molecule has 0 bridgehead atoms. The molecule has 11 heteroatoms. The van der Waals surface area contributed by atoms with E-state index in [4.69, 9.17) is 33.2 Å². The average molecular weight is 694 g/mol. The molecule has 0 radical (unpaired) electrons. The number of nitrogens with zero attached hydrogens (tertiary/aromatic N) is 1. The van der Waals surface area contributed by atoms with Gasteiger partial charge >= 0.3 is 12.1 Å². The maximum Gasteiger partial charge on any atom is 0.414 e. The van der Waals surface area contributed by atoms with Gasteiger partial charge in [0.05, 0.1) is 25.5 Å². The van der Waals surface area contributed by atoms with E-state index in [-0.39, 0.29) is 23.7 Å². The molecule has 2 aromatic carbocycles. The van der Waals surface area contributed by atoms with Crippen molar-refractivity contribution >= 4 is 17.7 Å². The molecule has 272 valence electrons. The number of amides is 1. The second kappa shape index (κ2) is 15.4. The number of hydrogen-bond acceptors (Lipinski definition) is 10. The molecular formula is C39H51NO10. The number of esters is 1. The van der Waals surface area contributed by atoms with Gasteiger partial charge in [-0.15, -0.1) is 0 Å². The Labute approximate surface area is 295 Å². The second-order valence-corrected chi connectivity index (χ2v) is 14.6. The van der Waals surface area contributed by atoms with Gasteiger partial charge < -0.3 is 38.3 Å². The van der Waals surface area contributed by atoms with Crippen LogP contribution in [0.5, 0.6) is 11.5 Å². The van der Waals surface area contributed by atoms with Gasteiger partial charge in [-0.2, -0.15) is 0 Å². The molecule has 5 atom stereocenters. The number of benzene rings is 2. The largest absolute Gasteiger partial charge is 0.497 e. The molecule has 50 heavy (non-hydrogen) atoms. The van der Waals surface area contributed by atoms with Crippen LogP contribution in [0.4, 0.5) is 10.5 Å². The Balaban J connectivity index is 1.65. The lowest BCUT2D eigenvalue weighted by Gasteiger charge is -2.33. The molecule has 0 unspecified atom stereocenters. The minimum absolute atomic E-state index is 0.125. The second-order valence-electron chi connectivity index (χ2n) is 14.6. The SMILES string of the molecule is COc1ccc(CO[C@H](/C=C\[C@@H](C)[C@H](C)O)[C@H]2OC(C)(C)O[C@H]2CC#Cc2cc(N(C)C(=O)OC(C)(C)C)cc3c2C(=O)OC(C)(C)O3)cc1. The van der Waals surface area contributed by atoms with Crippen LogP contribution >= 0.6 is 0 Å². The van der Waals surface area contributed by atoms with Crippen molar-refractivity contribution in [3.8, 4) is 23.3 Å². The zero-order chi connectivity index (χ0) is 37.0. The molecule has 0 aromatic heterocycles. The van der Waals surface area contributed by atoms with Crippen LogP contribution in [0.2, 0.25) is 0 Å².